The van der Waals surface area contributed by atoms with Crippen LogP contribution in [0.4, 0.5) is 21.2 Å². The Hall–Kier alpha value is -3.11. The Bertz CT molecular complexity index is 1210. The zero-order valence-corrected chi connectivity index (χ0v) is 26.3. The fourth-order valence-electron chi connectivity index (χ4n) is 5.23. The zero-order chi connectivity index (χ0) is 29.8. The standard InChI is InChI=1S/C32H47N4O5S/c1-4-5-6-7-8-9-10-16-29(37)39-21-13-22-40-32(38)41-24-36(3)19-17-35(18-20-36)30-26-23-25(2)42-31(26)34-28-15-12-11-14-27(28)33-30/h11-12,14-15,23,34H,4-10,13,16-22,24H2,1-3H3/q+1. The number of carbonyl (C=O) groups excluding carboxylic acids is 2. The van der Waals surface area contributed by atoms with Crippen molar-refractivity contribution in [2.45, 2.75) is 71.6 Å². The van der Waals surface area contributed by atoms with Crippen LogP contribution in [0.25, 0.3) is 0 Å². The number of piperazine rings is 1. The Kier molecular flexibility index (Phi) is 12.1. The van der Waals surface area contributed by atoms with Crippen molar-refractivity contribution < 1.29 is 28.3 Å². The number of hydrogen-bond acceptors (Lipinski definition) is 9. The highest BCUT2D eigenvalue weighted by molar-refractivity contribution is 7.16. The van der Waals surface area contributed by atoms with Crippen LogP contribution in [0.2, 0.25) is 0 Å². The van der Waals surface area contributed by atoms with Gasteiger partial charge in [-0.05, 0) is 31.5 Å². The van der Waals surface area contributed by atoms with E-state index in [-0.39, 0.29) is 25.9 Å². The Morgan fingerprint density at radius 2 is 1.69 bits per heavy atom. The Balaban J connectivity index is 1.13. The first-order valence-electron chi connectivity index (χ1n) is 15.5. The van der Waals surface area contributed by atoms with E-state index in [1.807, 2.05) is 18.2 Å². The number of benzene rings is 1. The van der Waals surface area contributed by atoms with Gasteiger partial charge in [-0.25, -0.2) is 9.79 Å². The Morgan fingerprint density at radius 3 is 2.48 bits per heavy atom. The molecule has 2 aliphatic rings. The van der Waals surface area contributed by atoms with Crippen molar-refractivity contribution in [3.05, 3.63) is 40.8 Å². The fraction of sp³-hybridized carbons (Fsp3) is 0.594. The number of amidine groups is 1. The number of esters is 1. The van der Waals surface area contributed by atoms with Crippen LogP contribution in [0.15, 0.2) is 35.3 Å². The molecule has 0 saturated carbocycles. The van der Waals surface area contributed by atoms with E-state index in [9.17, 15) is 9.59 Å². The van der Waals surface area contributed by atoms with Gasteiger partial charge in [-0.1, -0.05) is 57.6 Å². The first-order chi connectivity index (χ1) is 20.4. The molecule has 42 heavy (non-hydrogen) atoms. The molecule has 0 amide bonds. The number of unbranched alkanes of at least 4 members (excludes halogenated alkanes) is 6. The van der Waals surface area contributed by atoms with Gasteiger partial charge in [0.25, 0.3) is 0 Å². The number of quaternary nitrogens is 1. The summed E-state index contributed by atoms with van der Waals surface area (Å²) in [7, 11) is 2.10. The Labute approximate surface area is 254 Å². The number of nitrogens with one attached hydrogen (secondary N) is 1. The number of fused-ring (bicyclic) bond motifs is 2. The van der Waals surface area contributed by atoms with Gasteiger partial charge in [0.2, 0.25) is 6.73 Å². The third kappa shape index (κ3) is 9.46. The predicted octanol–water partition coefficient (Wildman–Crippen LogP) is 7.14. The fourth-order valence-corrected chi connectivity index (χ4v) is 6.15. The number of rotatable bonds is 14. The minimum absolute atomic E-state index is 0.165. The number of aliphatic imine (C=N–C) groups is 1. The molecule has 9 nitrogen and oxygen atoms in total. The molecule has 1 fully saturated rings. The molecule has 0 aliphatic carbocycles. The quantitative estimate of drug-likeness (QED) is 0.140. The second-order valence-electron chi connectivity index (χ2n) is 11.5. The number of ether oxygens (including phenoxy) is 3. The summed E-state index contributed by atoms with van der Waals surface area (Å²) in [5.41, 5.74) is 3.08. The summed E-state index contributed by atoms with van der Waals surface area (Å²) in [4.78, 5) is 32.7. The molecule has 4 rings (SSSR count). The molecule has 2 aliphatic heterocycles. The number of thiophene rings is 1. The maximum Gasteiger partial charge on any atom is 0.512 e. The van der Waals surface area contributed by atoms with Crippen molar-refractivity contribution in [1.29, 1.82) is 0 Å². The lowest BCUT2D eigenvalue weighted by Crippen LogP contribution is -2.59. The van der Waals surface area contributed by atoms with Gasteiger partial charge in [-0.15, -0.1) is 11.3 Å². The molecule has 0 bridgehead atoms. The number of nitrogens with zero attached hydrogens (tertiary/aromatic N) is 3. The van der Waals surface area contributed by atoms with Crippen LogP contribution in [0, 0.1) is 6.92 Å². The van der Waals surface area contributed by atoms with Crippen molar-refractivity contribution in [1.82, 2.24) is 4.90 Å². The van der Waals surface area contributed by atoms with Crippen LogP contribution < -0.4 is 5.32 Å². The van der Waals surface area contributed by atoms with Gasteiger partial charge in [-0.2, -0.15) is 0 Å². The molecule has 2 aromatic rings. The third-order valence-electron chi connectivity index (χ3n) is 7.84. The lowest BCUT2D eigenvalue weighted by molar-refractivity contribution is -0.929. The van der Waals surface area contributed by atoms with E-state index in [1.165, 1.54) is 37.0 Å². The molecule has 10 heteroatoms. The minimum Gasteiger partial charge on any atom is -0.466 e. The number of anilines is 2. The summed E-state index contributed by atoms with van der Waals surface area (Å²) in [6, 6.07) is 10.3. The molecular formula is C32H47N4O5S+. The average Bonchev–Trinajstić information content (AvgIpc) is 3.27. The van der Waals surface area contributed by atoms with Crippen LogP contribution in [0.5, 0.6) is 0 Å². The largest absolute Gasteiger partial charge is 0.512 e. The van der Waals surface area contributed by atoms with E-state index in [1.54, 1.807) is 11.3 Å². The monoisotopic (exact) mass is 599 g/mol. The van der Waals surface area contributed by atoms with Crippen molar-refractivity contribution in [2.24, 2.45) is 4.99 Å². The van der Waals surface area contributed by atoms with E-state index in [0.717, 1.165) is 66.8 Å². The predicted molar refractivity (Wildman–Crippen MR) is 168 cm³/mol. The molecule has 0 radical (unpaired) electrons. The molecule has 1 aromatic heterocycles. The minimum atomic E-state index is -0.680. The van der Waals surface area contributed by atoms with E-state index in [2.05, 4.69) is 43.2 Å². The molecular weight excluding hydrogens is 552 g/mol. The zero-order valence-electron chi connectivity index (χ0n) is 25.5. The summed E-state index contributed by atoms with van der Waals surface area (Å²) < 4.78 is 16.5. The van der Waals surface area contributed by atoms with Crippen molar-refractivity contribution >= 4 is 45.7 Å². The number of likely N-dealkylation sites (N-methyl/N-ethyl adjacent to an activating group) is 1. The van der Waals surface area contributed by atoms with Crippen LogP contribution in [-0.4, -0.2) is 80.5 Å². The highest BCUT2D eigenvalue weighted by Gasteiger charge is 2.33. The van der Waals surface area contributed by atoms with Gasteiger partial charge in [0.1, 0.15) is 10.8 Å². The van der Waals surface area contributed by atoms with E-state index in [4.69, 9.17) is 19.2 Å². The number of carbonyl (C=O) groups is 2. The van der Waals surface area contributed by atoms with E-state index < -0.39 is 6.16 Å². The molecule has 1 saturated heterocycles. The van der Waals surface area contributed by atoms with Crippen molar-refractivity contribution in [2.75, 3.05) is 58.5 Å². The normalized spacial score (nSPS) is 15.5. The lowest BCUT2D eigenvalue weighted by atomic mass is 10.1. The molecule has 0 atom stereocenters. The van der Waals surface area contributed by atoms with Gasteiger partial charge in [0.05, 0.1) is 63.4 Å². The average molecular weight is 600 g/mol. The third-order valence-corrected chi connectivity index (χ3v) is 8.81. The molecule has 230 valence electrons. The summed E-state index contributed by atoms with van der Waals surface area (Å²) in [6.45, 7) is 8.22. The van der Waals surface area contributed by atoms with Gasteiger partial charge < -0.3 is 24.4 Å². The maximum atomic E-state index is 12.2. The molecule has 1 aromatic carbocycles. The van der Waals surface area contributed by atoms with Gasteiger partial charge >= 0.3 is 12.1 Å². The van der Waals surface area contributed by atoms with Crippen LogP contribution >= 0.6 is 11.3 Å². The second-order valence-corrected chi connectivity index (χ2v) is 12.8. The van der Waals surface area contributed by atoms with Crippen LogP contribution in [-0.2, 0) is 19.0 Å². The second kappa shape index (κ2) is 15.9. The van der Waals surface area contributed by atoms with Crippen LogP contribution in [0.3, 0.4) is 0 Å². The number of para-hydroxylation sites is 2. The summed E-state index contributed by atoms with van der Waals surface area (Å²) in [5.74, 6) is 0.810. The van der Waals surface area contributed by atoms with Crippen LogP contribution in [0.1, 0.15) is 75.2 Å². The van der Waals surface area contributed by atoms with Gasteiger partial charge in [-0.3, -0.25) is 9.28 Å². The molecule has 0 unspecified atom stereocenters. The van der Waals surface area contributed by atoms with Gasteiger partial charge in [0.15, 0.2) is 0 Å². The summed E-state index contributed by atoms with van der Waals surface area (Å²) in [6.07, 6.45) is 8.41. The van der Waals surface area contributed by atoms with E-state index in [0.29, 0.717) is 17.3 Å². The smallest absolute Gasteiger partial charge is 0.466 e. The number of aryl methyl sites for hydroxylation is 1. The van der Waals surface area contributed by atoms with Gasteiger partial charge in [0, 0.05) is 17.7 Å². The maximum absolute atomic E-state index is 12.2. The first-order valence-corrected chi connectivity index (χ1v) is 16.3. The molecule has 0 spiro atoms. The number of hydrogen-bond donors (Lipinski definition) is 1. The molecule has 1 N–H and O–H groups in total. The van der Waals surface area contributed by atoms with Crippen molar-refractivity contribution in [3.8, 4) is 0 Å². The SMILES string of the molecule is CCCCCCCCCC(=O)OCCCOC(=O)OC[N+]1(C)CCN(C2=Nc3ccccc3Nc3sc(C)cc32)CC1. The van der Waals surface area contributed by atoms with Crippen molar-refractivity contribution in [3.63, 3.8) is 0 Å². The highest BCUT2D eigenvalue weighted by Crippen LogP contribution is 2.39. The topological polar surface area (TPSA) is 89.5 Å². The van der Waals surface area contributed by atoms with E-state index >= 15 is 0 Å². The lowest BCUT2D eigenvalue weighted by Gasteiger charge is -2.41. The summed E-state index contributed by atoms with van der Waals surface area (Å²) >= 11 is 1.74. The Morgan fingerprint density at radius 1 is 0.976 bits per heavy atom. The molecule has 3 heterocycles. The highest BCUT2D eigenvalue weighted by atomic mass is 32.1. The summed E-state index contributed by atoms with van der Waals surface area (Å²) in [5, 5.41) is 4.69. The first kappa shape index (κ1) is 31.8.